The highest BCUT2D eigenvalue weighted by Gasteiger charge is 2.33. The van der Waals surface area contributed by atoms with Crippen molar-refractivity contribution in [3.63, 3.8) is 0 Å². The molecular formula is C16H15N2O2S+. The van der Waals surface area contributed by atoms with E-state index in [1.54, 1.807) is 5.32 Å². The Morgan fingerprint density at radius 2 is 1.81 bits per heavy atom. The second-order valence-electron chi connectivity index (χ2n) is 4.78. The van der Waals surface area contributed by atoms with Crippen LogP contribution < -0.4 is 10.6 Å². The van der Waals surface area contributed by atoms with E-state index >= 15 is 0 Å². The normalized spacial score (nSPS) is 16.4. The third kappa shape index (κ3) is 3.15. The summed E-state index contributed by atoms with van der Waals surface area (Å²) in [5.41, 5.74) is 1.78. The minimum absolute atomic E-state index is 0.0402. The number of rotatable bonds is 4. The maximum atomic E-state index is 12.0. The molecule has 0 aromatic heterocycles. The van der Waals surface area contributed by atoms with Crippen LogP contribution in [0.5, 0.6) is 0 Å². The number of benzene rings is 2. The topological polar surface area (TPSA) is 62.8 Å². The van der Waals surface area contributed by atoms with E-state index in [4.69, 9.17) is 0 Å². The highest BCUT2D eigenvalue weighted by atomic mass is 32.2. The highest BCUT2D eigenvalue weighted by Crippen LogP contribution is 2.27. The summed E-state index contributed by atoms with van der Waals surface area (Å²) in [5.74, 6) is -0.0614. The van der Waals surface area contributed by atoms with Crippen molar-refractivity contribution in [2.45, 2.75) is 10.9 Å². The smallest absolute Gasteiger partial charge is 0.287 e. The van der Waals surface area contributed by atoms with Crippen LogP contribution in [-0.2, 0) is 9.59 Å². The predicted octanol–water partition coefficient (Wildman–Crippen LogP) is 1.56. The second kappa shape index (κ2) is 6.11. The standard InChI is InChI=1S/C16H14N2O2S/c19-14(21-11-6-2-1-3-7-11)10-17-15-12-8-4-5-9-13(12)18-16(15)20/h1-9,15,17H,10H2,(H,18,20)/p+1/t15-/m1/s1. The van der Waals surface area contributed by atoms with Crippen LogP contribution in [0.4, 0.5) is 5.69 Å². The molecule has 21 heavy (non-hydrogen) atoms. The van der Waals surface area contributed by atoms with Crippen LogP contribution >= 0.6 is 11.8 Å². The average Bonchev–Trinajstić information content (AvgIpc) is 2.81. The van der Waals surface area contributed by atoms with Crippen molar-refractivity contribution < 1.29 is 14.9 Å². The second-order valence-corrected chi connectivity index (χ2v) is 5.91. The summed E-state index contributed by atoms with van der Waals surface area (Å²) in [6.07, 6.45) is 0. The van der Waals surface area contributed by atoms with Gasteiger partial charge < -0.3 is 10.6 Å². The first-order chi connectivity index (χ1) is 10.2. The molecule has 1 heterocycles. The largest absolute Gasteiger partial charge is 0.325 e. The van der Waals surface area contributed by atoms with Crippen LogP contribution in [0.3, 0.4) is 0 Å². The molecule has 0 fully saturated rings. The summed E-state index contributed by atoms with van der Waals surface area (Å²) < 4.78 is 0. The number of para-hydroxylation sites is 1. The van der Waals surface area contributed by atoms with Crippen LogP contribution in [0, 0.1) is 0 Å². The Balaban J connectivity index is 1.60. The van der Waals surface area contributed by atoms with Gasteiger partial charge in [0.2, 0.25) is 5.12 Å². The van der Waals surface area contributed by atoms with Crippen LogP contribution in [0.1, 0.15) is 11.6 Å². The van der Waals surface area contributed by atoms with E-state index < -0.39 is 0 Å². The first kappa shape index (κ1) is 13.9. The number of fused-ring (bicyclic) bond motifs is 1. The van der Waals surface area contributed by atoms with Crippen molar-refractivity contribution in [1.82, 2.24) is 0 Å². The first-order valence-corrected chi connectivity index (χ1v) is 7.54. The molecule has 3 N–H and O–H groups in total. The van der Waals surface area contributed by atoms with E-state index in [1.165, 1.54) is 11.8 Å². The molecule has 0 aliphatic carbocycles. The number of amides is 1. The molecule has 0 unspecified atom stereocenters. The molecule has 0 radical (unpaired) electrons. The van der Waals surface area contributed by atoms with E-state index in [2.05, 4.69) is 5.32 Å². The number of nitrogens with one attached hydrogen (secondary N) is 1. The molecule has 2 aromatic rings. The van der Waals surface area contributed by atoms with Gasteiger partial charge >= 0.3 is 0 Å². The predicted molar refractivity (Wildman–Crippen MR) is 81.9 cm³/mol. The number of hydrogen-bond acceptors (Lipinski definition) is 3. The third-order valence-corrected chi connectivity index (χ3v) is 4.23. The Morgan fingerprint density at radius 1 is 1.10 bits per heavy atom. The fraction of sp³-hybridized carbons (Fsp3) is 0.125. The van der Waals surface area contributed by atoms with Gasteiger partial charge in [0.15, 0.2) is 6.04 Å². The van der Waals surface area contributed by atoms with E-state index in [9.17, 15) is 9.59 Å². The Hall–Kier alpha value is -2.11. The number of anilines is 1. The molecule has 106 valence electrons. The van der Waals surface area contributed by atoms with Crippen LogP contribution in [0.15, 0.2) is 59.5 Å². The quantitative estimate of drug-likeness (QED) is 0.842. The fourth-order valence-electron chi connectivity index (χ4n) is 2.34. The lowest BCUT2D eigenvalue weighted by Gasteiger charge is -2.07. The Labute approximate surface area is 126 Å². The Morgan fingerprint density at radius 3 is 2.62 bits per heavy atom. The average molecular weight is 299 g/mol. The van der Waals surface area contributed by atoms with Crippen molar-refractivity contribution in [1.29, 1.82) is 0 Å². The first-order valence-electron chi connectivity index (χ1n) is 6.73. The third-order valence-electron chi connectivity index (χ3n) is 3.33. The molecule has 4 nitrogen and oxygen atoms in total. The van der Waals surface area contributed by atoms with E-state index in [1.807, 2.05) is 54.6 Å². The molecule has 3 rings (SSSR count). The Bertz CT molecular complexity index is 673. The van der Waals surface area contributed by atoms with Gasteiger partial charge in [0.1, 0.15) is 6.54 Å². The Kier molecular flexibility index (Phi) is 4.03. The summed E-state index contributed by atoms with van der Waals surface area (Å²) in [7, 11) is 0. The number of carbonyl (C=O) groups is 2. The van der Waals surface area contributed by atoms with Crippen molar-refractivity contribution in [3.8, 4) is 0 Å². The van der Waals surface area contributed by atoms with E-state index in [0.717, 1.165) is 16.1 Å². The van der Waals surface area contributed by atoms with Crippen molar-refractivity contribution in [3.05, 3.63) is 60.2 Å². The molecule has 1 aliphatic rings. The molecule has 1 aliphatic heterocycles. The molecule has 0 saturated carbocycles. The van der Waals surface area contributed by atoms with Gasteiger partial charge in [-0.1, -0.05) is 36.4 Å². The van der Waals surface area contributed by atoms with E-state index in [-0.39, 0.29) is 23.6 Å². The summed E-state index contributed by atoms with van der Waals surface area (Å²) in [5, 5.41) is 4.66. The van der Waals surface area contributed by atoms with Crippen molar-refractivity contribution in [2.24, 2.45) is 0 Å². The molecule has 1 amide bonds. The van der Waals surface area contributed by atoms with Gasteiger partial charge in [-0.3, -0.25) is 9.59 Å². The molecule has 2 aromatic carbocycles. The van der Waals surface area contributed by atoms with Crippen LogP contribution in [0.2, 0.25) is 0 Å². The molecule has 1 atom stereocenters. The minimum atomic E-state index is -0.332. The molecule has 0 saturated heterocycles. The zero-order valence-corrected chi connectivity index (χ0v) is 12.1. The zero-order chi connectivity index (χ0) is 14.7. The van der Waals surface area contributed by atoms with Gasteiger partial charge in [-0.2, -0.15) is 0 Å². The lowest BCUT2D eigenvalue weighted by atomic mass is 10.1. The van der Waals surface area contributed by atoms with Gasteiger partial charge in [-0.15, -0.1) is 0 Å². The number of thioether (sulfide) groups is 1. The van der Waals surface area contributed by atoms with Crippen molar-refractivity contribution in [2.75, 3.05) is 11.9 Å². The van der Waals surface area contributed by atoms with Crippen molar-refractivity contribution >= 4 is 28.5 Å². The van der Waals surface area contributed by atoms with E-state index in [0.29, 0.717) is 0 Å². The summed E-state index contributed by atoms with van der Waals surface area (Å²) in [6.45, 7) is 0.270. The zero-order valence-electron chi connectivity index (χ0n) is 11.3. The highest BCUT2D eigenvalue weighted by molar-refractivity contribution is 8.13. The molecule has 5 heteroatoms. The minimum Gasteiger partial charge on any atom is -0.325 e. The number of carbonyl (C=O) groups excluding carboxylic acids is 2. The SMILES string of the molecule is O=C(C[NH2+][C@H]1C(=O)Nc2ccccc21)Sc1ccccc1. The number of hydrogen-bond donors (Lipinski definition) is 2. The van der Waals surface area contributed by atoms with Gasteiger partial charge in [0.05, 0.1) is 5.69 Å². The van der Waals surface area contributed by atoms with Gasteiger partial charge in [-0.25, -0.2) is 0 Å². The van der Waals surface area contributed by atoms with Gasteiger partial charge in [0, 0.05) is 10.5 Å². The maximum Gasteiger partial charge on any atom is 0.287 e. The van der Waals surface area contributed by atoms with Gasteiger partial charge in [0.25, 0.3) is 5.91 Å². The number of nitrogens with two attached hydrogens (primary N) is 1. The van der Waals surface area contributed by atoms with Crippen LogP contribution in [0.25, 0.3) is 0 Å². The number of quaternary nitrogens is 1. The van der Waals surface area contributed by atoms with Gasteiger partial charge in [-0.05, 0) is 30.0 Å². The summed E-state index contributed by atoms with van der Waals surface area (Å²) >= 11 is 1.21. The molecular weight excluding hydrogens is 284 g/mol. The summed E-state index contributed by atoms with van der Waals surface area (Å²) in [4.78, 5) is 24.9. The lowest BCUT2D eigenvalue weighted by molar-refractivity contribution is -0.670. The molecule has 0 bridgehead atoms. The fourth-order valence-corrected chi connectivity index (χ4v) is 3.08. The summed E-state index contributed by atoms with van der Waals surface area (Å²) in [6, 6.07) is 16.8. The monoisotopic (exact) mass is 299 g/mol. The maximum absolute atomic E-state index is 12.0. The molecule has 0 spiro atoms. The lowest BCUT2D eigenvalue weighted by Crippen LogP contribution is -2.87. The van der Waals surface area contributed by atoms with Crippen LogP contribution in [-0.4, -0.2) is 17.6 Å².